The van der Waals surface area contributed by atoms with Crippen molar-refractivity contribution in [1.29, 1.82) is 0 Å². The Morgan fingerprint density at radius 2 is 1.86 bits per heavy atom. The monoisotopic (exact) mass is 393 g/mol. The van der Waals surface area contributed by atoms with Crippen molar-refractivity contribution in [2.45, 2.75) is 32.2 Å². The lowest BCUT2D eigenvalue weighted by molar-refractivity contribution is -0.141. The average Bonchev–Trinajstić information content (AvgIpc) is 2.72. The largest absolute Gasteiger partial charge is 0.469 e. The Kier molecular flexibility index (Phi) is 6.39. The number of aromatic amines is 1. The Balaban J connectivity index is 1.69. The van der Waals surface area contributed by atoms with Gasteiger partial charge in [-0.1, -0.05) is 42.0 Å². The van der Waals surface area contributed by atoms with E-state index in [9.17, 15) is 14.4 Å². The zero-order valence-corrected chi connectivity index (χ0v) is 16.4. The highest BCUT2D eigenvalue weighted by Gasteiger charge is 2.19. The van der Waals surface area contributed by atoms with Crippen molar-refractivity contribution in [3.05, 3.63) is 75.8 Å². The summed E-state index contributed by atoms with van der Waals surface area (Å²) in [7, 11) is 1.32. The number of ether oxygens (including phenoxy) is 1. The van der Waals surface area contributed by atoms with Crippen LogP contribution in [0.2, 0.25) is 0 Å². The number of nitrogens with one attached hydrogen (secondary N) is 2. The lowest BCUT2D eigenvalue weighted by Crippen LogP contribution is -2.31. The third kappa shape index (κ3) is 5.28. The van der Waals surface area contributed by atoms with Gasteiger partial charge in [-0.05, 0) is 24.6 Å². The molecule has 0 saturated heterocycles. The SMILES string of the molecule is COC(=O)CC(NC(=O)CCc1nc2ccccc2c(=O)[nH]1)c1ccc(C)cc1. The first-order chi connectivity index (χ1) is 14.0. The second-order valence-electron chi connectivity index (χ2n) is 6.84. The van der Waals surface area contributed by atoms with Gasteiger partial charge in [0, 0.05) is 12.8 Å². The van der Waals surface area contributed by atoms with E-state index in [4.69, 9.17) is 4.74 Å². The van der Waals surface area contributed by atoms with Gasteiger partial charge in [0.2, 0.25) is 5.91 Å². The van der Waals surface area contributed by atoms with Crippen molar-refractivity contribution in [2.75, 3.05) is 7.11 Å². The van der Waals surface area contributed by atoms with Crippen LogP contribution in [0.15, 0.2) is 53.3 Å². The summed E-state index contributed by atoms with van der Waals surface area (Å²) in [6.07, 6.45) is 0.450. The molecule has 1 amide bonds. The molecule has 0 aliphatic carbocycles. The summed E-state index contributed by atoms with van der Waals surface area (Å²) < 4.78 is 4.75. The molecule has 0 spiro atoms. The first-order valence-corrected chi connectivity index (χ1v) is 9.37. The standard InChI is InChI=1S/C22H23N3O4/c1-14-7-9-15(10-8-14)18(13-21(27)29-2)24-20(26)12-11-19-23-17-6-4-3-5-16(17)22(28)25-19/h3-10,18H,11-13H2,1-2H3,(H,24,26)(H,23,25,28). The van der Waals surface area contributed by atoms with Gasteiger partial charge in [-0.15, -0.1) is 0 Å². The van der Waals surface area contributed by atoms with Crippen LogP contribution in [-0.4, -0.2) is 29.0 Å². The highest BCUT2D eigenvalue weighted by atomic mass is 16.5. The maximum absolute atomic E-state index is 12.5. The number of rotatable bonds is 7. The highest BCUT2D eigenvalue weighted by molar-refractivity contribution is 5.79. The van der Waals surface area contributed by atoms with Gasteiger partial charge >= 0.3 is 5.97 Å². The molecular formula is C22H23N3O4. The van der Waals surface area contributed by atoms with E-state index >= 15 is 0 Å². The number of aryl methyl sites for hydroxylation is 2. The van der Waals surface area contributed by atoms with Gasteiger partial charge in [0.05, 0.1) is 30.5 Å². The maximum atomic E-state index is 12.5. The predicted octanol–water partition coefficient (Wildman–Crippen LogP) is 2.58. The van der Waals surface area contributed by atoms with Gasteiger partial charge in [0.15, 0.2) is 0 Å². The molecule has 1 aromatic heterocycles. The Labute approximate surface area is 168 Å². The van der Waals surface area contributed by atoms with Crippen LogP contribution in [0.5, 0.6) is 0 Å². The van der Waals surface area contributed by atoms with Crippen LogP contribution in [0.3, 0.4) is 0 Å². The molecule has 0 saturated carbocycles. The molecule has 29 heavy (non-hydrogen) atoms. The second-order valence-corrected chi connectivity index (χ2v) is 6.84. The fourth-order valence-corrected chi connectivity index (χ4v) is 3.05. The van der Waals surface area contributed by atoms with E-state index in [-0.39, 0.29) is 30.7 Å². The molecular weight excluding hydrogens is 370 g/mol. The number of amides is 1. The summed E-state index contributed by atoms with van der Waals surface area (Å²) in [5, 5.41) is 3.39. The van der Waals surface area contributed by atoms with Crippen molar-refractivity contribution in [3.8, 4) is 0 Å². The molecule has 0 aliphatic rings. The third-order valence-electron chi connectivity index (χ3n) is 4.66. The minimum Gasteiger partial charge on any atom is -0.469 e. The number of esters is 1. The molecule has 7 heteroatoms. The molecule has 1 atom stereocenters. The first kappa shape index (κ1) is 20.3. The van der Waals surface area contributed by atoms with E-state index in [1.165, 1.54) is 7.11 Å². The van der Waals surface area contributed by atoms with Crippen molar-refractivity contribution in [3.63, 3.8) is 0 Å². The van der Waals surface area contributed by atoms with E-state index in [1.54, 1.807) is 18.2 Å². The number of carbonyl (C=O) groups is 2. The number of fused-ring (bicyclic) bond motifs is 1. The van der Waals surface area contributed by atoms with Crippen LogP contribution < -0.4 is 10.9 Å². The van der Waals surface area contributed by atoms with Gasteiger partial charge in [0.1, 0.15) is 5.82 Å². The summed E-state index contributed by atoms with van der Waals surface area (Å²) in [5.41, 5.74) is 2.28. The van der Waals surface area contributed by atoms with E-state index in [0.717, 1.165) is 11.1 Å². The van der Waals surface area contributed by atoms with E-state index in [2.05, 4.69) is 15.3 Å². The van der Waals surface area contributed by atoms with Crippen LogP contribution in [0.25, 0.3) is 10.9 Å². The molecule has 3 aromatic rings. The number of para-hydroxylation sites is 1. The minimum absolute atomic E-state index is 0.0381. The van der Waals surface area contributed by atoms with Gasteiger partial charge in [-0.2, -0.15) is 0 Å². The topological polar surface area (TPSA) is 101 Å². The second kappa shape index (κ2) is 9.14. The zero-order valence-electron chi connectivity index (χ0n) is 16.4. The maximum Gasteiger partial charge on any atom is 0.307 e. The zero-order chi connectivity index (χ0) is 20.8. The average molecular weight is 393 g/mol. The number of hydrogen-bond acceptors (Lipinski definition) is 5. The highest BCUT2D eigenvalue weighted by Crippen LogP contribution is 2.18. The van der Waals surface area contributed by atoms with Gasteiger partial charge in [-0.25, -0.2) is 4.98 Å². The molecule has 1 heterocycles. The number of aromatic nitrogens is 2. The van der Waals surface area contributed by atoms with Crippen LogP contribution in [0, 0.1) is 6.92 Å². The van der Waals surface area contributed by atoms with Crippen LogP contribution in [0.1, 0.15) is 35.8 Å². The number of carbonyl (C=O) groups excluding carboxylic acids is 2. The quantitative estimate of drug-likeness (QED) is 0.601. The fraction of sp³-hybridized carbons (Fsp3) is 0.273. The number of benzene rings is 2. The molecule has 0 fully saturated rings. The smallest absolute Gasteiger partial charge is 0.307 e. The Hall–Kier alpha value is -3.48. The van der Waals surface area contributed by atoms with Gasteiger partial charge in [-0.3, -0.25) is 14.4 Å². The van der Waals surface area contributed by atoms with E-state index in [1.807, 2.05) is 37.3 Å². The van der Waals surface area contributed by atoms with Crippen molar-refractivity contribution < 1.29 is 14.3 Å². The molecule has 0 radical (unpaired) electrons. The Morgan fingerprint density at radius 3 is 2.59 bits per heavy atom. The molecule has 7 nitrogen and oxygen atoms in total. The lowest BCUT2D eigenvalue weighted by atomic mass is 10.0. The summed E-state index contributed by atoms with van der Waals surface area (Å²) in [6.45, 7) is 1.97. The molecule has 2 N–H and O–H groups in total. The van der Waals surface area contributed by atoms with Gasteiger partial charge in [0.25, 0.3) is 5.56 Å². The lowest BCUT2D eigenvalue weighted by Gasteiger charge is -2.18. The van der Waals surface area contributed by atoms with E-state index < -0.39 is 12.0 Å². The van der Waals surface area contributed by atoms with Crippen LogP contribution in [-0.2, 0) is 20.7 Å². The van der Waals surface area contributed by atoms with E-state index in [0.29, 0.717) is 16.7 Å². The normalized spacial score (nSPS) is 11.8. The Bertz CT molecular complexity index is 1070. The molecule has 2 aromatic carbocycles. The number of methoxy groups -OCH3 is 1. The first-order valence-electron chi connectivity index (χ1n) is 9.37. The predicted molar refractivity (Wildman–Crippen MR) is 109 cm³/mol. The molecule has 0 aliphatic heterocycles. The van der Waals surface area contributed by atoms with Gasteiger partial charge < -0.3 is 15.0 Å². The summed E-state index contributed by atoms with van der Waals surface area (Å²) in [5.74, 6) is -0.199. The molecule has 0 bridgehead atoms. The fourth-order valence-electron chi connectivity index (χ4n) is 3.05. The molecule has 150 valence electrons. The van der Waals surface area contributed by atoms with Crippen molar-refractivity contribution in [1.82, 2.24) is 15.3 Å². The summed E-state index contributed by atoms with van der Waals surface area (Å²) in [6, 6.07) is 14.2. The minimum atomic E-state index is -0.487. The molecule has 3 rings (SSSR count). The van der Waals surface area contributed by atoms with Crippen LogP contribution in [0.4, 0.5) is 0 Å². The Morgan fingerprint density at radius 1 is 1.14 bits per heavy atom. The molecule has 1 unspecified atom stereocenters. The summed E-state index contributed by atoms with van der Waals surface area (Å²) in [4.78, 5) is 43.5. The van der Waals surface area contributed by atoms with Crippen molar-refractivity contribution in [2.24, 2.45) is 0 Å². The van der Waals surface area contributed by atoms with Crippen molar-refractivity contribution >= 4 is 22.8 Å². The summed E-state index contributed by atoms with van der Waals surface area (Å²) >= 11 is 0. The van der Waals surface area contributed by atoms with Crippen LogP contribution >= 0.6 is 0 Å². The number of hydrogen-bond donors (Lipinski definition) is 2. The number of H-pyrrole nitrogens is 1. The third-order valence-corrected chi connectivity index (χ3v) is 4.66. The number of nitrogens with zero attached hydrogens (tertiary/aromatic N) is 1.